The second kappa shape index (κ2) is 4.01. The number of hydrogen-bond acceptors (Lipinski definition) is 3. The molecular formula is C12H12N2O3. The molecule has 1 aromatic carbocycles. The number of primary amides is 1. The van der Waals surface area contributed by atoms with E-state index in [4.69, 9.17) is 5.73 Å². The van der Waals surface area contributed by atoms with Crippen molar-refractivity contribution in [1.29, 1.82) is 0 Å². The average Bonchev–Trinajstić information content (AvgIpc) is 2.50. The van der Waals surface area contributed by atoms with Crippen LogP contribution in [0.2, 0.25) is 0 Å². The summed E-state index contributed by atoms with van der Waals surface area (Å²) < 4.78 is 0. The van der Waals surface area contributed by atoms with Gasteiger partial charge in [-0.3, -0.25) is 14.4 Å². The van der Waals surface area contributed by atoms with Gasteiger partial charge < -0.3 is 10.6 Å². The number of nitrogens with two attached hydrogens (primary N) is 1. The lowest BCUT2D eigenvalue weighted by molar-refractivity contribution is -0.118. The van der Waals surface area contributed by atoms with E-state index in [0.29, 0.717) is 11.3 Å². The van der Waals surface area contributed by atoms with E-state index in [2.05, 4.69) is 0 Å². The molecule has 0 aromatic heterocycles. The van der Waals surface area contributed by atoms with Gasteiger partial charge in [-0.15, -0.1) is 0 Å². The van der Waals surface area contributed by atoms with Gasteiger partial charge in [0.15, 0.2) is 0 Å². The van der Waals surface area contributed by atoms with E-state index in [1.54, 1.807) is 12.1 Å². The van der Waals surface area contributed by atoms with Crippen molar-refractivity contribution in [2.45, 2.75) is 13.3 Å². The minimum absolute atomic E-state index is 0.0480. The molecule has 0 spiro atoms. The Labute approximate surface area is 98.2 Å². The number of carbonyl (C=O) groups excluding carboxylic acids is 3. The van der Waals surface area contributed by atoms with Crippen LogP contribution in [-0.2, 0) is 9.59 Å². The Morgan fingerprint density at radius 1 is 1.35 bits per heavy atom. The molecule has 0 bridgehead atoms. The molecule has 0 unspecified atom stereocenters. The first kappa shape index (κ1) is 11.3. The highest BCUT2D eigenvalue weighted by atomic mass is 16.2. The molecule has 17 heavy (non-hydrogen) atoms. The third kappa shape index (κ3) is 1.91. The summed E-state index contributed by atoms with van der Waals surface area (Å²) in [5.41, 5.74) is 6.92. The van der Waals surface area contributed by atoms with Crippen molar-refractivity contribution in [3.63, 3.8) is 0 Å². The van der Waals surface area contributed by atoms with Crippen LogP contribution in [0.15, 0.2) is 18.2 Å². The lowest BCUT2D eigenvalue weighted by Gasteiger charge is -2.15. The zero-order chi connectivity index (χ0) is 12.6. The number of hydrogen-bond donors (Lipinski definition) is 1. The van der Waals surface area contributed by atoms with Crippen molar-refractivity contribution >= 4 is 23.3 Å². The van der Waals surface area contributed by atoms with E-state index in [0.717, 1.165) is 5.56 Å². The summed E-state index contributed by atoms with van der Waals surface area (Å²) in [6.45, 7) is 2.00. The molecule has 1 aliphatic heterocycles. The maximum Gasteiger partial charge on any atom is 0.299 e. The first-order valence-electron chi connectivity index (χ1n) is 5.26. The molecule has 2 N–H and O–H groups in total. The molecular weight excluding hydrogens is 220 g/mol. The van der Waals surface area contributed by atoms with Gasteiger partial charge in [0.25, 0.3) is 11.7 Å². The average molecular weight is 232 g/mol. The monoisotopic (exact) mass is 232 g/mol. The molecule has 5 nitrogen and oxygen atoms in total. The van der Waals surface area contributed by atoms with Crippen LogP contribution in [0.5, 0.6) is 0 Å². The fourth-order valence-electron chi connectivity index (χ4n) is 1.86. The molecule has 0 saturated carbocycles. The molecule has 0 saturated heterocycles. The van der Waals surface area contributed by atoms with Gasteiger partial charge in [-0.05, 0) is 19.1 Å². The Bertz CT molecular complexity index is 522. The van der Waals surface area contributed by atoms with Gasteiger partial charge in [-0.1, -0.05) is 11.6 Å². The van der Waals surface area contributed by atoms with Crippen molar-refractivity contribution in [1.82, 2.24) is 0 Å². The second-order valence-corrected chi connectivity index (χ2v) is 4.02. The van der Waals surface area contributed by atoms with E-state index in [1.807, 2.05) is 13.0 Å². The molecule has 1 aromatic rings. The number of ketones is 1. The maximum absolute atomic E-state index is 11.7. The van der Waals surface area contributed by atoms with E-state index in [9.17, 15) is 14.4 Å². The predicted molar refractivity (Wildman–Crippen MR) is 61.7 cm³/mol. The van der Waals surface area contributed by atoms with Crippen LogP contribution in [-0.4, -0.2) is 24.1 Å². The van der Waals surface area contributed by atoms with Crippen LogP contribution in [0.25, 0.3) is 0 Å². The molecule has 2 rings (SSSR count). The maximum atomic E-state index is 11.7. The number of fused-ring (bicyclic) bond motifs is 1. The van der Waals surface area contributed by atoms with Crippen molar-refractivity contribution < 1.29 is 14.4 Å². The van der Waals surface area contributed by atoms with Gasteiger partial charge in [-0.25, -0.2) is 0 Å². The summed E-state index contributed by atoms with van der Waals surface area (Å²) in [6.07, 6.45) is 0.0480. The summed E-state index contributed by atoms with van der Waals surface area (Å²) in [5, 5.41) is 0. The normalized spacial score (nSPS) is 14.1. The smallest absolute Gasteiger partial charge is 0.299 e. The summed E-state index contributed by atoms with van der Waals surface area (Å²) in [4.78, 5) is 35.4. The lowest BCUT2D eigenvalue weighted by Crippen LogP contribution is -2.32. The van der Waals surface area contributed by atoms with Gasteiger partial charge in [0, 0.05) is 13.0 Å². The van der Waals surface area contributed by atoms with E-state index in [1.165, 1.54) is 4.90 Å². The van der Waals surface area contributed by atoms with E-state index in [-0.39, 0.29) is 13.0 Å². The topological polar surface area (TPSA) is 80.5 Å². The molecule has 2 amide bonds. The fourth-order valence-corrected chi connectivity index (χ4v) is 1.86. The van der Waals surface area contributed by atoms with Gasteiger partial charge in [0.1, 0.15) is 0 Å². The number of rotatable bonds is 3. The van der Waals surface area contributed by atoms with Crippen LogP contribution in [0, 0.1) is 6.92 Å². The van der Waals surface area contributed by atoms with Gasteiger partial charge in [-0.2, -0.15) is 0 Å². The Kier molecular flexibility index (Phi) is 2.67. The Morgan fingerprint density at radius 3 is 2.71 bits per heavy atom. The summed E-state index contributed by atoms with van der Waals surface area (Å²) >= 11 is 0. The number of nitrogens with zero attached hydrogens (tertiary/aromatic N) is 1. The SMILES string of the molecule is Cc1ccc2c(c1)C(=O)C(=O)N2CCC(N)=O. The molecule has 88 valence electrons. The molecule has 1 aliphatic rings. The quantitative estimate of drug-likeness (QED) is 0.766. The van der Waals surface area contributed by atoms with Crippen LogP contribution >= 0.6 is 0 Å². The summed E-state index contributed by atoms with van der Waals surface area (Å²) in [5.74, 6) is -1.61. The van der Waals surface area contributed by atoms with Crippen LogP contribution < -0.4 is 10.6 Å². The minimum Gasteiger partial charge on any atom is -0.370 e. The molecule has 0 fully saturated rings. The number of anilines is 1. The van der Waals surface area contributed by atoms with Gasteiger partial charge >= 0.3 is 0 Å². The number of benzene rings is 1. The lowest BCUT2D eigenvalue weighted by atomic mass is 10.1. The summed E-state index contributed by atoms with van der Waals surface area (Å²) in [6, 6.07) is 5.22. The highest BCUT2D eigenvalue weighted by Crippen LogP contribution is 2.29. The van der Waals surface area contributed by atoms with Crippen LogP contribution in [0.1, 0.15) is 22.3 Å². The van der Waals surface area contributed by atoms with Crippen molar-refractivity contribution in [3.8, 4) is 0 Å². The Hall–Kier alpha value is -2.17. The minimum atomic E-state index is -0.591. The highest BCUT2D eigenvalue weighted by Gasteiger charge is 2.35. The van der Waals surface area contributed by atoms with Crippen molar-refractivity contribution in [3.05, 3.63) is 29.3 Å². The number of amides is 2. The molecule has 0 radical (unpaired) electrons. The van der Waals surface area contributed by atoms with Crippen molar-refractivity contribution in [2.24, 2.45) is 5.73 Å². The number of carbonyl (C=O) groups is 3. The fraction of sp³-hybridized carbons (Fsp3) is 0.250. The van der Waals surface area contributed by atoms with Crippen LogP contribution in [0.4, 0.5) is 5.69 Å². The first-order chi connectivity index (χ1) is 8.00. The Morgan fingerprint density at radius 2 is 2.06 bits per heavy atom. The standard InChI is InChI=1S/C12H12N2O3/c1-7-2-3-9-8(6-7)11(16)12(17)14(9)5-4-10(13)15/h2-3,6H,4-5H2,1H3,(H2,13,15). The van der Waals surface area contributed by atoms with Crippen LogP contribution in [0.3, 0.4) is 0 Å². The first-order valence-corrected chi connectivity index (χ1v) is 5.26. The predicted octanol–water partition coefficient (Wildman–Crippen LogP) is 0.400. The van der Waals surface area contributed by atoms with Gasteiger partial charge in [0.05, 0.1) is 11.3 Å². The third-order valence-corrected chi connectivity index (χ3v) is 2.71. The zero-order valence-electron chi connectivity index (χ0n) is 9.40. The molecule has 0 atom stereocenters. The summed E-state index contributed by atoms with van der Waals surface area (Å²) in [7, 11) is 0. The van der Waals surface area contributed by atoms with E-state index < -0.39 is 17.6 Å². The zero-order valence-corrected chi connectivity index (χ0v) is 9.40. The number of Topliss-reactive ketones (excluding diaryl/α,β-unsaturated/α-hetero) is 1. The second-order valence-electron chi connectivity index (χ2n) is 4.02. The molecule has 5 heteroatoms. The highest BCUT2D eigenvalue weighted by molar-refractivity contribution is 6.52. The third-order valence-electron chi connectivity index (χ3n) is 2.71. The number of aryl methyl sites for hydroxylation is 1. The van der Waals surface area contributed by atoms with Gasteiger partial charge in [0.2, 0.25) is 5.91 Å². The largest absolute Gasteiger partial charge is 0.370 e. The van der Waals surface area contributed by atoms with E-state index >= 15 is 0 Å². The van der Waals surface area contributed by atoms with Crippen molar-refractivity contribution in [2.75, 3.05) is 11.4 Å². The Balaban J connectivity index is 2.34. The molecule has 0 aliphatic carbocycles. The molecule has 1 heterocycles.